The third-order valence-electron chi connectivity index (χ3n) is 9.46. The summed E-state index contributed by atoms with van der Waals surface area (Å²) in [6, 6.07) is 60.2. The smallest absolute Gasteiger partial charge is 0.0640 e. The maximum Gasteiger partial charge on any atom is 0.0640 e. The van der Waals surface area contributed by atoms with Crippen LogP contribution in [0.4, 0.5) is 17.1 Å². The molecule has 0 fully saturated rings. The van der Waals surface area contributed by atoms with Crippen molar-refractivity contribution in [3.63, 3.8) is 0 Å². The van der Waals surface area contributed by atoms with Gasteiger partial charge >= 0.3 is 0 Å². The number of fused-ring (bicyclic) bond motifs is 8. The molecule has 8 aromatic carbocycles. The first-order valence-corrected chi connectivity index (χ1v) is 17.6. The molecule has 0 spiro atoms. The number of nitrogens with zero attached hydrogens (tertiary/aromatic N) is 1. The molecule has 0 N–H and O–H groups in total. The molecule has 0 saturated heterocycles. The summed E-state index contributed by atoms with van der Waals surface area (Å²) in [7, 11) is 0. The van der Waals surface area contributed by atoms with Gasteiger partial charge in [-0.05, 0) is 64.4 Å². The summed E-state index contributed by atoms with van der Waals surface area (Å²) < 4.78 is 5.27. The van der Waals surface area contributed by atoms with Crippen molar-refractivity contribution in [2.24, 2.45) is 0 Å². The molecule has 0 radical (unpaired) electrons. The highest BCUT2D eigenvalue weighted by atomic mass is 32.1. The Labute approximate surface area is 280 Å². The quantitative estimate of drug-likeness (QED) is 0.186. The van der Waals surface area contributed by atoms with Crippen molar-refractivity contribution >= 4 is 102 Å². The molecule has 0 aliphatic rings. The lowest BCUT2D eigenvalue weighted by atomic mass is 9.95. The van der Waals surface area contributed by atoms with Crippen LogP contribution in [-0.2, 0) is 0 Å². The highest BCUT2D eigenvalue weighted by Gasteiger charge is 2.22. The zero-order valence-corrected chi connectivity index (χ0v) is 27.0. The molecule has 2 aromatic heterocycles. The van der Waals surface area contributed by atoms with Gasteiger partial charge in [0.05, 0.1) is 21.8 Å². The molecule has 0 atom stereocenters. The van der Waals surface area contributed by atoms with E-state index in [-0.39, 0.29) is 0 Å². The average Bonchev–Trinajstić information content (AvgIpc) is 3.70. The summed E-state index contributed by atoms with van der Waals surface area (Å²) >= 11 is 3.75. The van der Waals surface area contributed by atoms with Gasteiger partial charge in [0.25, 0.3) is 0 Å². The second kappa shape index (κ2) is 10.5. The van der Waals surface area contributed by atoms with E-state index in [2.05, 4.69) is 169 Å². The van der Waals surface area contributed by atoms with Crippen LogP contribution < -0.4 is 4.90 Å². The minimum Gasteiger partial charge on any atom is -0.308 e. The molecule has 0 saturated carbocycles. The topological polar surface area (TPSA) is 3.24 Å². The molecule has 10 rings (SSSR count). The lowest BCUT2D eigenvalue weighted by Gasteiger charge is -2.29. The highest BCUT2D eigenvalue weighted by Crippen LogP contribution is 2.49. The predicted molar refractivity (Wildman–Crippen MR) is 207 cm³/mol. The number of anilines is 3. The minimum atomic E-state index is 1.17. The van der Waals surface area contributed by atoms with E-state index in [0.717, 1.165) is 0 Å². The third-order valence-corrected chi connectivity index (χ3v) is 11.8. The van der Waals surface area contributed by atoms with Gasteiger partial charge in [-0.3, -0.25) is 0 Å². The third kappa shape index (κ3) is 4.14. The standard InChI is InChI=1S/C44H27NS2/c1-2-13-31-28(11-1)12-9-19-38(31)45(40-20-10-18-36-34-16-5-8-22-42(34)47-44(36)40)39-25-24-30(32-14-3-4-15-33(32)39)29-23-26-43-37(27-29)35-17-6-7-21-41(35)46-43/h1-27H. The van der Waals surface area contributed by atoms with Gasteiger partial charge < -0.3 is 4.90 Å². The van der Waals surface area contributed by atoms with Crippen LogP contribution in [0, 0.1) is 0 Å². The molecule has 220 valence electrons. The Hall–Kier alpha value is -5.48. The van der Waals surface area contributed by atoms with Crippen LogP contribution in [0.25, 0.3) is 73.0 Å². The molecule has 0 bridgehead atoms. The lowest BCUT2D eigenvalue weighted by Crippen LogP contribution is -2.11. The largest absolute Gasteiger partial charge is 0.308 e. The van der Waals surface area contributed by atoms with Crippen LogP contribution in [0.15, 0.2) is 164 Å². The van der Waals surface area contributed by atoms with Crippen molar-refractivity contribution in [1.82, 2.24) is 0 Å². The fourth-order valence-corrected chi connectivity index (χ4v) is 9.62. The Balaban J connectivity index is 1.26. The van der Waals surface area contributed by atoms with Gasteiger partial charge in [0, 0.05) is 46.4 Å². The molecule has 0 aliphatic heterocycles. The molecular formula is C44H27NS2. The van der Waals surface area contributed by atoms with E-state index >= 15 is 0 Å². The van der Waals surface area contributed by atoms with Crippen LogP contribution >= 0.6 is 22.7 Å². The van der Waals surface area contributed by atoms with Crippen molar-refractivity contribution in [3.05, 3.63) is 164 Å². The molecular weight excluding hydrogens is 607 g/mol. The van der Waals surface area contributed by atoms with Crippen LogP contribution in [0.2, 0.25) is 0 Å². The normalized spacial score (nSPS) is 11.8. The Morgan fingerprint density at radius 1 is 0.340 bits per heavy atom. The van der Waals surface area contributed by atoms with Gasteiger partial charge in [0.2, 0.25) is 0 Å². The van der Waals surface area contributed by atoms with Crippen molar-refractivity contribution < 1.29 is 0 Å². The average molecular weight is 634 g/mol. The van der Waals surface area contributed by atoms with Crippen LogP contribution in [-0.4, -0.2) is 0 Å². The van der Waals surface area contributed by atoms with E-state index in [9.17, 15) is 0 Å². The van der Waals surface area contributed by atoms with Crippen molar-refractivity contribution in [2.45, 2.75) is 0 Å². The van der Waals surface area contributed by atoms with Crippen molar-refractivity contribution in [3.8, 4) is 11.1 Å². The van der Waals surface area contributed by atoms with Crippen LogP contribution in [0.5, 0.6) is 0 Å². The summed E-state index contributed by atoms with van der Waals surface area (Å²) in [6.45, 7) is 0. The van der Waals surface area contributed by atoms with Gasteiger partial charge in [0.15, 0.2) is 0 Å². The zero-order chi connectivity index (χ0) is 30.9. The monoisotopic (exact) mass is 633 g/mol. The molecule has 10 aromatic rings. The number of benzene rings is 8. The first-order valence-electron chi connectivity index (χ1n) is 15.9. The maximum absolute atomic E-state index is 2.50. The molecule has 47 heavy (non-hydrogen) atoms. The predicted octanol–water partition coefficient (Wildman–Crippen LogP) is 13.9. The molecule has 0 aliphatic carbocycles. The van der Waals surface area contributed by atoms with E-state index in [0.29, 0.717) is 0 Å². The van der Waals surface area contributed by atoms with Gasteiger partial charge in [-0.2, -0.15) is 0 Å². The molecule has 2 heterocycles. The van der Waals surface area contributed by atoms with Gasteiger partial charge in [-0.15, -0.1) is 22.7 Å². The van der Waals surface area contributed by atoms with Gasteiger partial charge in [-0.25, -0.2) is 0 Å². The SMILES string of the molecule is c1ccc2c(N(c3ccc(-c4ccc5sc6ccccc6c5c4)c4ccccc34)c3cccc4c3sc3ccccc34)cccc2c1. The number of thiophene rings is 2. The summed E-state index contributed by atoms with van der Waals surface area (Å²) in [5.74, 6) is 0. The molecule has 0 amide bonds. The molecule has 3 heteroatoms. The fraction of sp³-hybridized carbons (Fsp3) is 0. The van der Waals surface area contributed by atoms with Crippen LogP contribution in [0.3, 0.4) is 0 Å². The van der Waals surface area contributed by atoms with Crippen molar-refractivity contribution in [1.29, 1.82) is 0 Å². The zero-order valence-electron chi connectivity index (χ0n) is 25.4. The van der Waals surface area contributed by atoms with E-state index in [1.807, 2.05) is 22.7 Å². The Bertz CT molecular complexity index is 2820. The number of hydrogen-bond acceptors (Lipinski definition) is 3. The van der Waals surface area contributed by atoms with E-state index in [4.69, 9.17) is 0 Å². The highest BCUT2D eigenvalue weighted by molar-refractivity contribution is 7.26. The second-order valence-electron chi connectivity index (χ2n) is 12.1. The lowest BCUT2D eigenvalue weighted by molar-refractivity contribution is 1.33. The summed E-state index contributed by atoms with van der Waals surface area (Å²) in [6.07, 6.45) is 0. The van der Waals surface area contributed by atoms with E-state index < -0.39 is 0 Å². The van der Waals surface area contributed by atoms with E-state index in [1.54, 1.807) is 0 Å². The first kappa shape index (κ1) is 26.7. The first-order chi connectivity index (χ1) is 23.3. The Kier molecular flexibility index (Phi) is 5.98. The van der Waals surface area contributed by atoms with Gasteiger partial charge in [0.1, 0.15) is 0 Å². The van der Waals surface area contributed by atoms with Gasteiger partial charge in [-0.1, -0.05) is 121 Å². The summed E-state index contributed by atoms with van der Waals surface area (Å²) in [5.41, 5.74) is 6.04. The minimum absolute atomic E-state index is 1.17. The fourth-order valence-electron chi connectivity index (χ4n) is 7.32. The second-order valence-corrected chi connectivity index (χ2v) is 14.2. The maximum atomic E-state index is 2.50. The Morgan fingerprint density at radius 3 is 1.77 bits per heavy atom. The molecule has 0 unspecified atom stereocenters. The summed E-state index contributed by atoms with van der Waals surface area (Å²) in [5, 5.41) is 10.2. The van der Waals surface area contributed by atoms with E-state index in [1.165, 1.54) is 90.1 Å². The van der Waals surface area contributed by atoms with Crippen molar-refractivity contribution in [2.75, 3.05) is 4.90 Å². The number of rotatable bonds is 4. The van der Waals surface area contributed by atoms with Crippen LogP contribution in [0.1, 0.15) is 0 Å². The Morgan fingerprint density at radius 2 is 0.915 bits per heavy atom. The number of hydrogen-bond donors (Lipinski definition) is 0. The summed E-state index contributed by atoms with van der Waals surface area (Å²) in [4.78, 5) is 2.50. The molecule has 1 nitrogen and oxygen atoms in total.